The monoisotopic (exact) mass is 274 g/mol. The normalized spacial score (nSPS) is 11.0. The van der Waals surface area contributed by atoms with Crippen LogP contribution in [0.3, 0.4) is 0 Å². The Morgan fingerprint density at radius 2 is 1.83 bits per heavy atom. The molecule has 2 aromatic carbocycles. The Balaban J connectivity index is 2.34. The summed E-state index contributed by atoms with van der Waals surface area (Å²) in [7, 11) is 0. The molecule has 1 aromatic heterocycles. The number of aromatic nitrogens is 2. The van der Waals surface area contributed by atoms with Gasteiger partial charge in [0.25, 0.3) is 0 Å². The molecule has 0 fully saturated rings. The van der Waals surface area contributed by atoms with Gasteiger partial charge in [-0.25, -0.2) is 0 Å². The van der Waals surface area contributed by atoms with E-state index in [1.165, 1.54) is 5.56 Å². The lowest BCUT2D eigenvalue weighted by Crippen LogP contribution is -1.93. The molecule has 0 spiro atoms. The minimum Gasteiger partial charge on any atom is -0.330 e. The zero-order valence-corrected chi connectivity index (χ0v) is 11.3. The molecule has 1 heterocycles. The van der Waals surface area contributed by atoms with E-state index in [0.29, 0.717) is 4.77 Å². The number of imidazole rings is 1. The van der Waals surface area contributed by atoms with Crippen LogP contribution in [0.1, 0.15) is 5.56 Å². The van der Waals surface area contributed by atoms with Crippen LogP contribution >= 0.6 is 23.8 Å². The maximum Gasteiger partial charge on any atom is 0.182 e. The molecule has 0 aliphatic rings. The van der Waals surface area contributed by atoms with Crippen LogP contribution in [-0.2, 0) is 0 Å². The summed E-state index contributed by atoms with van der Waals surface area (Å²) in [6.45, 7) is 2.07. The summed E-state index contributed by atoms with van der Waals surface area (Å²) in [5.74, 6) is 0. The molecular formula is C14H11ClN2S. The van der Waals surface area contributed by atoms with E-state index in [4.69, 9.17) is 23.8 Å². The fourth-order valence-electron chi connectivity index (χ4n) is 2.06. The van der Waals surface area contributed by atoms with Crippen LogP contribution in [0, 0.1) is 11.7 Å². The summed E-state index contributed by atoms with van der Waals surface area (Å²) < 4.78 is 2.71. The van der Waals surface area contributed by atoms with Gasteiger partial charge in [-0.1, -0.05) is 17.7 Å². The van der Waals surface area contributed by atoms with Crippen molar-refractivity contribution in [1.82, 2.24) is 9.55 Å². The molecule has 3 aromatic rings. The van der Waals surface area contributed by atoms with Crippen molar-refractivity contribution in [3.63, 3.8) is 0 Å². The molecule has 0 radical (unpaired) electrons. The van der Waals surface area contributed by atoms with Crippen LogP contribution < -0.4 is 0 Å². The van der Waals surface area contributed by atoms with Crippen LogP contribution in [0.15, 0.2) is 42.5 Å². The van der Waals surface area contributed by atoms with Crippen molar-refractivity contribution in [2.45, 2.75) is 6.92 Å². The van der Waals surface area contributed by atoms with Crippen molar-refractivity contribution in [2.75, 3.05) is 0 Å². The van der Waals surface area contributed by atoms with Crippen molar-refractivity contribution in [3.05, 3.63) is 57.8 Å². The van der Waals surface area contributed by atoms with Crippen molar-refractivity contribution in [2.24, 2.45) is 0 Å². The standard InChI is InChI=1S/C14H11ClN2S/c1-9-2-7-12-13(8-9)17(14(18)16-12)11-5-3-10(15)4-6-11/h2-8H,1H3,(H,16,18). The van der Waals surface area contributed by atoms with E-state index in [-0.39, 0.29) is 0 Å². The van der Waals surface area contributed by atoms with Crippen molar-refractivity contribution in [3.8, 4) is 5.69 Å². The topological polar surface area (TPSA) is 20.7 Å². The van der Waals surface area contributed by atoms with Crippen molar-refractivity contribution < 1.29 is 0 Å². The third-order valence-corrected chi connectivity index (χ3v) is 3.46. The number of hydrogen-bond donors (Lipinski definition) is 1. The number of halogens is 1. The van der Waals surface area contributed by atoms with E-state index >= 15 is 0 Å². The molecule has 90 valence electrons. The number of benzene rings is 2. The van der Waals surface area contributed by atoms with Crippen LogP contribution in [-0.4, -0.2) is 9.55 Å². The third kappa shape index (κ3) is 1.85. The van der Waals surface area contributed by atoms with Gasteiger partial charge in [0.2, 0.25) is 0 Å². The number of hydrogen-bond acceptors (Lipinski definition) is 1. The average molecular weight is 275 g/mol. The highest BCUT2D eigenvalue weighted by molar-refractivity contribution is 7.71. The van der Waals surface area contributed by atoms with Gasteiger partial charge in [0.15, 0.2) is 4.77 Å². The highest BCUT2D eigenvalue weighted by atomic mass is 35.5. The molecule has 0 amide bonds. The SMILES string of the molecule is Cc1ccc2[nH]c(=S)n(-c3ccc(Cl)cc3)c2c1. The van der Waals surface area contributed by atoms with Gasteiger partial charge in [0.1, 0.15) is 0 Å². The maximum atomic E-state index is 5.91. The summed E-state index contributed by atoms with van der Waals surface area (Å²) in [6, 6.07) is 13.9. The summed E-state index contributed by atoms with van der Waals surface area (Å²) in [6.07, 6.45) is 0. The lowest BCUT2D eigenvalue weighted by molar-refractivity contribution is 1.06. The lowest BCUT2D eigenvalue weighted by Gasteiger charge is -2.05. The van der Waals surface area contributed by atoms with Gasteiger partial charge in [0, 0.05) is 10.7 Å². The fraction of sp³-hybridized carbons (Fsp3) is 0.0714. The van der Waals surface area contributed by atoms with Gasteiger partial charge in [0.05, 0.1) is 11.0 Å². The first-order valence-electron chi connectivity index (χ1n) is 5.62. The molecule has 0 saturated heterocycles. The zero-order valence-electron chi connectivity index (χ0n) is 9.77. The molecule has 4 heteroatoms. The van der Waals surface area contributed by atoms with Gasteiger partial charge in [-0.15, -0.1) is 0 Å². The van der Waals surface area contributed by atoms with E-state index in [2.05, 4.69) is 24.0 Å². The van der Waals surface area contributed by atoms with Gasteiger partial charge >= 0.3 is 0 Å². The molecule has 2 nitrogen and oxygen atoms in total. The zero-order chi connectivity index (χ0) is 12.7. The molecule has 0 aliphatic heterocycles. The van der Waals surface area contributed by atoms with E-state index in [1.54, 1.807) is 0 Å². The summed E-state index contributed by atoms with van der Waals surface area (Å²) >= 11 is 11.3. The predicted molar refractivity (Wildman–Crippen MR) is 78.2 cm³/mol. The second-order valence-electron chi connectivity index (χ2n) is 4.26. The molecule has 0 saturated carbocycles. The molecule has 3 rings (SSSR count). The molecule has 0 bridgehead atoms. The van der Waals surface area contributed by atoms with Crippen LogP contribution in [0.25, 0.3) is 16.7 Å². The molecule has 1 N–H and O–H groups in total. The first-order chi connectivity index (χ1) is 8.65. The second kappa shape index (κ2) is 4.26. The fourth-order valence-corrected chi connectivity index (χ4v) is 2.50. The largest absolute Gasteiger partial charge is 0.330 e. The number of H-pyrrole nitrogens is 1. The smallest absolute Gasteiger partial charge is 0.182 e. The molecule has 0 atom stereocenters. The maximum absolute atomic E-state index is 5.91. The van der Waals surface area contributed by atoms with Gasteiger partial charge in [-0.3, -0.25) is 4.57 Å². The Labute approximate surface area is 115 Å². The number of nitrogens with zero attached hydrogens (tertiary/aromatic N) is 1. The Morgan fingerprint density at radius 1 is 1.11 bits per heavy atom. The van der Waals surface area contributed by atoms with Gasteiger partial charge in [-0.05, 0) is 61.1 Å². The Hall–Kier alpha value is -1.58. The summed E-state index contributed by atoms with van der Waals surface area (Å²) in [5.41, 5.74) is 4.35. The predicted octanol–water partition coefficient (Wildman–Crippen LogP) is 4.65. The van der Waals surface area contributed by atoms with E-state index in [0.717, 1.165) is 21.7 Å². The van der Waals surface area contributed by atoms with Gasteiger partial charge in [-0.2, -0.15) is 0 Å². The van der Waals surface area contributed by atoms with Crippen molar-refractivity contribution >= 4 is 34.9 Å². The van der Waals surface area contributed by atoms with Crippen LogP contribution in [0.5, 0.6) is 0 Å². The summed E-state index contributed by atoms with van der Waals surface area (Å²) in [4.78, 5) is 3.21. The number of aromatic amines is 1. The molecule has 18 heavy (non-hydrogen) atoms. The minimum absolute atomic E-state index is 0.693. The Kier molecular flexibility index (Phi) is 2.73. The quantitative estimate of drug-likeness (QED) is 0.641. The number of aryl methyl sites for hydroxylation is 1. The van der Waals surface area contributed by atoms with E-state index in [1.807, 2.05) is 34.9 Å². The molecular weight excluding hydrogens is 264 g/mol. The van der Waals surface area contributed by atoms with Crippen LogP contribution in [0.2, 0.25) is 5.02 Å². The first kappa shape index (κ1) is 11.5. The van der Waals surface area contributed by atoms with Crippen LogP contribution in [0.4, 0.5) is 0 Å². The molecule has 0 unspecified atom stereocenters. The average Bonchev–Trinajstić information content (AvgIpc) is 2.66. The number of rotatable bonds is 1. The summed E-state index contributed by atoms with van der Waals surface area (Å²) in [5, 5.41) is 0.723. The van der Waals surface area contributed by atoms with E-state index in [9.17, 15) is 0 Å². The third-order valence-electron chi connectivity index (χ3n) is 2.92. The Bertz CT molecular complexity index is 769. The number of nitrogens with one attached hydrogen (secondary N) is 1. The van der Waals surface area contributed by atoms with Gasteiger partial charge < -0.3 is 4.98 Å². The lowest BCUT2D eigenvalue weighted by atomic mass is 10.2. The highest BCUT2D eigenvalue weighted by Gasteiger charge is 2.06. The molecule has 0 aliphatic carbocycles. The Morgan fingerprint density at radius 3 is 2.56 bits per heavy atom. The second-order valence-corrected chi connectivity index (χ2v) is 5.09. The first-order valence-corrected chi connectivity index (χ1v) is 6.41. The number of fused-ring (bicyclic) bond motifs is 1. The van der Waals surface area contributed by atoms with Crippen molar-refractivity contribution in [1.29, 1.82) is 0 Å². The minimum atomic E-state index is 0.693. The highest BCUT2D eigenvalue weighted by Crippen LogP contribution is 2.21. The van der Waals surface area contributed by atoms with E-state index < -0.39 is 0 Å².